The minimum Gasteiger partial charge on any atom is -0.452 e. The fourth-order valence-electron chi connectivity index (χ4n) is 2.53. The Hall–Kier alpha value is -3.67. The lowest BCUT2D eigenvalue weighted by molar-refractivity contribution is 0.0430. The van der Waals surface area contributed by atoms with Gasteiger partial charge in [0.2, 0.25) is 5.82 Å². The molecule has 0 atom stereocenters. The van der Waals surface area contributed by atoms with Gasteiger partial charge < -0.3 is 13.8 Å². The van der Waals surface area contributed by atoms with E-state index in [0.717, 1.165) is 11.3 Å². The molecule has 0 amide bonds. The second kappa shape index (κ2) is 7.06. The summed E-state index contributed by atoms with van der Waals surface area (Å²) in [4.78, 5) is 16.5. The van der Waals surface area contributed by atoms with Crippen LogP contribution in [0.1, 0.15) is 16.2 Å². The van der Waals surface area contributed by atoms with Crippen molar-refractivity contribution in [1.29, 1.82) is 0 Å². The molecule has 4 aromatic rings. The Morgan fingerprint density at radius 1 is 1.00 bits per heavy atom. The number of ether oxygens (including phenoxy) is 1. The van der Waals surface area contributed by atoms with E-state index in [1.165, 1.54) is 0 Å². The van der Waals surface area contributed by atoms with Gasteiger partial charge in [-0.3, -0.25) is 0 Å². The molecule has 2 heterocycles. The van der Waals surface area contributed by atoms with Crippen molar-refractivity contribution in [3.63, 3.8) is 0 Å². The number of rotatable bonds is 5. The highest BCUT2D eigenvalue weighted by molar-refractivity contribution is 5.90. The molecule has 0 saturated heterocycles. The summed E-state index contributed by atoms with van der Waals surface area (Å²) in [5.74, 6) is 0.267. The van der Waals surface area contributed by atoms with Gasteiger partial charge in [-0.15, -0.1) is 0 Å². The molecule has 0 fully saturated rings. The summed E-state index contributed by atoms with van der Waals surface area (Å²) >= 11 is 0. The molecule has 26 heavy (non-hydrogen) atoms. The molecule has 0 aliphatic carbocycles. The van der Waals surface area contributed by atoms with Crippen LogP contribution in [-0.2, 0) is 11.3 Å². The molecule has 0 unspecified atom stereocenters. The van der Waals surface area contributed by atoms with Crippen molar-refractivity contribution in [1.82, 2.24) is 14.7 Å². The molecule has 2 aromatic carbocycles. The second-order valence-electron chi connectivity index (χ2n) is 5.59. The normalized spacial score (nSPS) is 10.6. The summed E-state index contributed by atoms with van der Waals surface area (Å²) in [5, 5.41) is 3.90. The van der Waals surface area contributed by atoms with Gasteiger partial charge in [0.05, 0.1) is 5.56 Å². The fraction of sp³-hybridized carbons (Fsp3) is 0.0500. The van der Waals surface area contributed by atoms with E-state index in [9.17, 15) is 4.79 Å². The van der Waals surface area contributed by atoms with E-state index in [4.69, 9.17) is 9.26 Å². The lowest BCUT2D eigenvalue weighted by atomic mass is 10.2. The highest BCUT2D eigenvalue weighted by Gasteiger charge is 2.13. The molecule has 0 radical (unpaired) electrons. The number of hydrogen-bond acceptors (Lipinski definition) is 5. The summed E-state index contributed by atoms with van der Waals surface area (Å²) in [6.07, 6.45) is 3.82. The van der Waals surface area contributed by atoms with Gasteiger partial charge in [-0.05, 0) is 30.3 Å². The Bertz CT molecular complexity index is 1010. The molecule has 0 N–H and O–H groups in total. The van der Waals surface area contributed by atoms with Crippen molar-refractivity contribution < 1.29 is 14.1 Å². The SMILES string of the molecule is O=C(OCc1nc(-c2ccccc2)no1)c1cccc(-n2cccc2)c1. The highest BCUT2D eigenvalue weighted by atomic mass is 16.6. The summed E-state index contributed by atoms with van der Waals surface area (Å²) < 4.78 is 12.4. The van der Waals surface area contributed by atoms with E-state index in [-0.39, 0.29) is 12.5 Å². The third kappa shape index (κ3) is 3.39. The number of hydrogen-bond donors (Lipinski definition) is 0. The first-order valence-electron chi connectivity index (χ1n) is 8.08. The number of benzene rings is 2. The molecular formula is C20H15N3O3. The lowest BCUT2D eigenvalue weighted by Crippen LogP contribution is -2.06. The van der Waals surface area contributed by atoms with Crippen LogP contribution >= 0.6 is 0 Å². The summed E-state index contributed by atoms with van der Waals surface area (Å²) in [7, 11) is 0. The van der Waals surface area contributed by atoms with Gasteiger partial charge in [-0.2, -0.15) is 4.98 Å². The molecular weight excluding hydrogens is 330 g/mol. The van der Waals surface area contributed by atoms with Crippen molar-refractivity contribution in [2.75, 3.05) is 0 Å². The van der Waals surface area contributed by atoms with Crippen LogP contribution in [0, 0.1) is 0 Å². The zero-order valence-corrected chi connectivity index (χ0v) is 13.8. The second-order valence-corrected chi connectivity index (χ2v) is 5.59. The fourth-order valence-corrected chi connectivity index (χ4v) is 2.53. The minimum absolute atomic E-state index is 0.0770. The van der Waals surface area contributed by atoms with Crippen LogP contribution in [0.2, 0.25) is 0 Å². The molecule has 6 heteroatoms. The molecule has 128 valence electrons. The van der Waals surface area contributed by atoms with E-state index >= 15 is 0 Å². The maximum absolute atomic E-state index is 12.3. The topological polar surface area (TPSA) is 70.2 Å². The Kier molecular flexibility index (Phi) is 4.30. The van der Waals surface area contributed by atoms with Crippen LogP contribution in [-0.4, -0.2) is 20.7 Å². The van der Waals surface area contributed by atoms with Crippen LogP contribution in [0.5, 0.6) is 0 Å². The average Bonchev–Trinajstić information content (AvgIpc) is 3.39. The Labute approximate surface area is 149 Å². The number of carbonyl (C=O) groups is 1. The van der Waals surface area contributed by atoms with Gasteiger partial charge in [0.1, 0.15) is 0 Å². The Morgan fingerprint density at radius 2 is 1.81 bits per heavy atom. The maximum Gasteiger partial charge on any atom is 0.338 e. The Morgan fingerprint density at radius 3 is 2.62 bits per heavy atom. The third-order valence-corrected chi connectivity index (χ3v) is 3.81. The number of aromatic nitrogens is 3. The monoisotopic (exact) mass is 345 g/mol. The predicted molar refractivity (Wildman–Crippen MR) is 94.6 cm³/mol. The number of carbonyl (C=O) groups excluding carboxylic acids is 1. The van der Waals surface area contributed by atoms with Crippen molar-refractivity contribution in [2.45, 2.75) is 6.61 Å². The standard InChI is InChI=1S/C20H15N3O3/c24-20(16-9-6-10-17(13-16)23-11-4-5-12-23)25-14-18-21-19(22-26-18)15-7-2-1-3-8-15/h1-13H,14H2. The van der Waals surface area contributed by atoms with Gasteiger partial charge in [-0.25, -0.2) is 4.79 Å². The summed E-state index contributed by atoms with van der Waals surface area (Å²) in [5.41, 5.74) is 2.18. The molecule has 0 aliphatic rings. The quantitative estimate of drug-likeness (QED) is 0.513. The molecule has 0 bridgehead atoms. The largest absolute Gasteiger partial charge is 0.452 e. The van der Waals surface area contributed by atoms with E-state index in [1.54, 1.807) is 12.1 Å². The molecule has 2 aromatic heterocycles. The first-order valence-corrected chi connectivity index (χ1v) is 8.08. The summed E-state index contributed by atoms with van der Waals surface area (Å²) in [6.45, 7) is -0.0770. The minimum atomic E-state index is -0.446. The van der Waals surface area contributed by atoms with Gasteiger partial charge in [0.25, 0.3) is 5.89 Å². The zero-order chi connectivity index (χ0) is 17.8. The van der Waals surface area contributed by atoms with E-state index in [1.807, 2.05) is 71.6 Å². The molecule has 0 aliphatic heterocycles. The van der Waals surface area contributed by atoms with E-state index < -0.39 is 5.97 Å². The van der Waals surface area contributed by atoms with Crippen molar-refractivity contribution in [2.24, 2.45) is 0 Å². The first kappa shape index (κ1) is 15.8. The first-order chi connectivity index (χ1) is 12.8. The van der Waals surface area contributed by atoms with Gasteiger partial charge in [-0.1, -0.05) is 41.6 Å². The number of nitrogens with zero attached hydrogens (tertiary/aromatic N) is 3. The van der Waals surface area contributed by atoms with Crippen LogP contribution in [0.25, 0.3) is 17.1 Å². The van der Waals surface area contributed by atoms with Crippen LogP contribution in [0.15, 0.2) is 83.6 Å². The van der Waals surface area contributed by atoms with Crippen molar-refractivity contribution in [3.8, 4) is 17.1 Å². The van der Waals surface area contributed by atoms with Gasteiger partial charge in [0, 0.05) is 23.6 Å². The van der Waals surface area contributed by atoms with Crippen molar-refractivity contribution >= 4 is 5.97 Å². The van der Waals surface area contributed by atoms with Crippen LogP contribution < -0.4 is 0 Å². The molecule has 0 spiro atoms. The van der Waals surface area contributed by atoms with Gasteiger partial charge in [0.15, 0.2) is 6.61 Å². The Balaban J connectivity index is 1.43. The predicted octanol–water partition coefficient (Wildman–Crippen LogP) is 3.88. The van der Waals surface area contributed by atoms with E-state index in [2.05, 4.69) is 10.1 Å². The molecule has 6 nitrogen and oxygen atoms in total. The maximum atomic E-state index is 12.3. The zero-order valence-electron chi connectivity index (χ0n) is 13.8. The van der Waals surface area contributed by atoms with Crippen LogP contribution in [0.4, 0.5) is 0 Å². The number of esters is 1. The van der Waals surface area contributed by atoms with Crippen LogP contribution in [0.3, 0.4) is 0 Å². The third-order valence-electron chi connectivity index (χ3n) is 3.81. The smallest absolute Gasteiger partial charge is 0.338 e. The molecule has 4 rings (SSSR count). The highest BCUT2D eigenvalue weighted by Crippen LogP contribution is 2.16. The van der Waals surface area contributed by atoms with Crippen molar-refractivity contribution in [3.05, 3.63) is 90.6 Å². The summed E-state index contributed by atoms with van der Waals surface area (Å²) in [6, 6.07) is 20.5. The average molecular weight is 345 g/mol. The lowest BCUT2D eigenvalue weighted by Gasteiger charge is -2.06. The van der Waals surface area contributed by atoms with E-state index in [0.29, 0.717) is 11.4 Å². The van der Waals surface area contributed by atoms with Gasteiger partial charge >= 0.3 is 5.97 Å². The molecule has 0 saturated carbocycles.